The lowest BCUT2D eigenvalue weighted by atomic mass is 10.2. The molecule has 7 nitrogen and oxygen atoms in total. The zero-order valence-electron chi connectivity index (χ0n) is 12.7. The topological polar surface area (TPSA) is 72.9 Å². The minimum absolute atomic E-state index is 0.645. The first-order chi connectivity index (χ1) is 10.7. The molecule has 2 heterocycles. The van der Waals surface area contributed by atoms with E-state index in [0.29, 0.717) is 19.6 Å². The van der Waals surface area contributed by atoms with E-state index < -0.39 is 0 Å². The van der Waals surface area contributed by atoms with E-state index in [0.717, 1.165) is 17.3 Å². The van der Waals surface area contributed by atoms with Crippen molar-refractivity contribution in [1.29, 1.82) is 0 Å². The molecule has 0 N–H and O–H groups in total. The highest BCUT2D eigenvalue weighted by Crippen LogP contribution is 2.08. The molecule has 114 valence electrons. The molecule has 0 unspecified atom stereocenters. The average molecular weight is 298 g/mol. The fourth-order valence-corrected chi connectivity index (χ4v) is 2.28. The number of tetrazole rings is 1. The summed E-state index contributed by atoms with van der Waals surface area (Å²) >= 11 is 0. The Labute approximate surface area is 128 Å². The molecular formula is C15H18N6O. The molecule has 22 heavy (non-hydrogen) atoms. The van der Waals surface area contributed by atoms with Crippen molar-refractivity contribution in [2.45, 2.75) is 26.6 Å². The van der Waals surface area contributed by atoms with Crippen molar-refractivity contribution in [2.24, 2.45) is 0 Å². The maximum absolute atomic E-state index is 5.08. The number of hydrogen-bond acceptors (Lipinski definition) is 6. The lowest BCUT2D eigenvalue weighted by Gasteiger charge is -2.14. The standard InChI is InChI=1S/C15H18N6O/c1-12-8-14(17-22-12)10-20(2)11-15-16-18-19-21(15)9-13-6-4-3-5-7-13/h3-8H,9-11H2,1-2H3. The summed E-state index contributed by atoms with van der Waals surface area (Å²) < 4.78 is 6.90. The summed E-state index contributed by atoms with van der Waals surface area (Å²) in [5, 5.41) is 16.0. The van der Waals surface area contributed by atoms with Gasteiger partial charge in [0.25, 0.3) is 0 Å². The molecule has 3 rings (SSSR count). The molecule has 0 atom stereocenters. The summed E-state index contributed by atoms with van der Waals surface area (Å²) in [6.07, 6.45) is 0. The molecule has 0 saturated heterocycles. The van der Waals surface area contributed by atoms with Crippen molar-refractivity contribution in [3.8, 4) is 0 Å². The van der Waals surface area contributed by atoms with Gasteiger partial charge in [0.2, 0.25) is 0 Å². The Hall–Kier alpha value is -2.54. The normalized spacial score (nSPS) is 11.2. The highest BCUT2D eigenvalue weighted by atomic mass is 16.5. The fraction of sp³-hybridized carbons (Fsp3) is 0.333. The largest absolute Gasteiger partial charge is 0.361 e. The van der Waals surface area contributed by atoms with E-state index in [1.165, 1.54) is 5.56 Å². The zero-order valence-corrected chi connectivity index (χ0v) is 12.7. The minimum Gasteiger partial charge on any atom is -0.361 e. The molecule has 0 spiro atoms. The van der Waals surface area contributed by atoms with Crippen LogP contribution in [0, 0.1) is 6.92 Å². The summed E-state index contributed by atoms with van der Waals surface area (Å²) in [6.45, 7) is 3.89. The van der Waals surface area contributed by atoms with Crippen LogP contribution in [-0.4, -0.2) is 37.3 Å². The third-order valence-corrected chi connectivity index (χ3v) is 3.30. The third-order valence-electron chi connectivity index (χ3n) is 3.30. The van der Waals surface area contributed by atoms with Crippen molar-refractivity contribution in [3.05, 3.63) is 59.2 Å². The van der Waals surface area contributed by atoms with Crippen LogP contribution >= 0.6 is 0 Å². The molecule has 0 aliphatic heterocycles. The quantitative estimate of drug-likeness (QED) is 0.689. The molecule has 0 amide bonds. The number of aryl methyl sites for hydroxylation is 1. The van der Waals surface area contributed by atoms with Crippen molar-refractivity contribution in [1.82, 2.24) is 30.3 Å². The van der Waals surface area contributed by atoms with Crippen LogP contribution in [0.4, 0.5) is 0 Å². The van der Waals surface area contributed by atoms with E-state index in [2.05, 4.69) is 37.7 Å². The van der Waals surface area contributed by atoms with Gasteiger partial charge in [0.05, 0.1) is 18.8 Å². The minimum atomic E-state index is 0.645. The molecule has 0 fully saturated rings. The fourth-order valence-electron chi connectivity index (χ4n) is 2.28. The molecule has 0 saturated carbocycles. The van der Waals surface area contributed by atoms with Gasteiger partial charge >= 0.3 is 0 Å². The Morgan fingerprint density at radius 2 is 2.00 bits per heavy atom. The third kappa shape index (κ3) is 3.56. The van der Waals surface area contributed by atoms with Gasteiger partial charge in [-0.25, -0.2) is 4.68 Å². The molecular weight excluding hydrogens is 280 g/mol. The number of benzene rings is 1. The summed E-state index contributed by atoms with van der Waals surface area (Å²) in [6, 6.07) is 12.1. The van der Waals surface area contributed by atoms with E-state index in [1.807, 2.05) is 42.9 Å². The van der Waals surface area contributed by atoms with Gasteiger partial charge in [-0.1, -0.05) is 35.5 Å². The predicted octanol–water partition coefficient (Wildman–Crippen LogP) is 1.65. The average Bonchev–Trinajstić information content (AvgIpc) is 3.10. The first kappa shape index (κ1) is 14.4. The summed E-state index contributed by atoms with van der Waals surface area (Å²) in [4.78, 5) is 2.10. The van der Waals surface area contributed by atoms with Crippen LogP contribution in [0.2, 0.25) is 0 Å². The maximum atomic E-state index is 5.08. The smallest absolute Gasteiger partial charge is 0.165 e. The monoisotopic (exact) mass is 298 g/mol. The molecule has 2 aromatic heterocycles. The van der Waals surface area contributed by atoms with E-state index in [9.17, 15) is 0 Å². The SMILES string of the molecule is Cc1cc(CN(C)Cc2nnnn2Cc2ccccc2)no1. The summed E-state index contributed by atoms with van der Waals surface area (Å²) in [5.41, 5.74) is 2.08. The number of nitrogens with zero attached hydrogens (tertiary/aromatic N) is 6. The summed E-state index contributed by atoms with van der Waals surface area (Å²) in [7, 11) is 2.01. The Kier molecular flexibility index (Phi) is 4.24. The van der Waals surface area contributed by atoms with Gasteiger partial charge in [0.15, 0.2) is 5.82 Å². The van der Waals surface area contributed by atoms with Crippen molar-refractivity contribution in [2.75, 3.05) is 7.05 Å². The Morgan fingerprint density at radius 1 is 1.18 bits per heavy atom. The lowest BCUT2D eigenvalue weighted by molar-refractivity contribution is 0.289. The van der Waals surface area contributed by atoms with E-state index >= 15 is 0 Å². The number of rotatable bonds is 6. The molecule has 7 heteroatoms. The molecule has 3 aromatic rings. The Bertz CT molecular complexity index is 720. The van der Waals surface area contributed by atoms with Gasteiger partial charge in [-0.05, 0) is 30.0 Å². The van der Waals surface area contributed by atoms with Gasteiger partial charge in [-0.3, -0.25) is 4.90 Å². The second-order valence-corrected chi connectivity index (χ2v) is 5.34. The molecule has 0 radical (unpaired) electrons. The van der Waals surface area contributed by atoms with Crippen LogP contribution in [0.3, 0.4) is 0 Å². The van der Waals surface area contributed by atoms with Crippen LogP contribution in [0.15, 0.2) is 40.9 Å². The summed E-state index contributed by atoms with van der Waals surface area (Å²) in [5.74, 6) is 1.64. The van der Waals surface area contributed by atoms with E-state index in [-0.39, 0.29) is 0 Å². The highest BCUT2D eigenvalue weighted by molar-refractivity contribution is 5.15. The molecule has 0 bridgehead atoms. The van der Waals surface area contributed by atoms with Crippen molar-refractivity contribution < 1.29 is 4.52 Å². The highest BCUT2D eigenvalue weighted by Gasteiger charge is 2.11. The first-order valence-electron chi connectivity index (χ1n) is 7.10. The van der Waals surface area contributed by atoms with E-state index in [1.54, 1.807) is 0 Å². The second kappa shape index (κ2) is 6.48. The Balaban J connectivity index is 1.64. The van der Waals surface area contributed by atoms with Gasteiger partial charge in [0.1, 0.15) is 5.76 Å². The number of aromatic nitrogens is 5. The van der Waals surface area contributed by atoms with Gasteiger partial charge < -0.3 is 4.52 Å². The van der Waals surface area contributed by atoms with Crippen LogP contribution in [0.25, 0.3) is 0 Å². The van der Waals surface area contributed by atoms with Crippen LogP contribution in [0.5, 0.6) is 0 Å². The molecule has 0 aliphatic carbocycles. The van der Waals surface area contributed by atoms with Crippen LogP contribution in [-0.2, 0) is 19.6 Å². The van der Waals surface area contributed by atoms with Crippen LogP contribution in [0.1, 0.15) is 22.8 Å². The van der Waals surface area contributed by atoms with Crippen LogP contribution < -0.4 is 0 Å². The van der Waals surface area contributed by atoms with Crippen molar-refractivity contribution in [3.63, 3.8) is 0 Å². The Morgan fingerprint density at radius 3 is 2.73 bits per heavy atom. The lowest BCUT2D eigenvalue weighted by Crippen LogP contribution is -2.21. The first-order valence-corrected chi connectivity index (χ1v) is 7.10. The van der Waals surface area contributed by atoms with Crippen molar-refractivity contribution >= 4 is 0 Å². The zero-order chi connectivity index (χ0) is 15.4. The number of hydrogen-bond donors (Lipinski definition) is 0. The van der Waals surface area contributed by atoms with Gasteiger partial charge in [-0.15, -0.1) is 5.10 Å². The predicted molar refractivity (Wildman–Crippen MR) is 79.8 cm³/mol. The van der Waals surface area contributed by atoms with E-state index in [4.69, 9.17) is 4.52 Å². The molecule has 0 aliphatic rings. The second-order valence-electron chi connectivity index (χ2n) is 5.34. The van der Waals surface area contributed by atoms with Gasteiger partial charge in [-0.2, -0.15) is 0 Å². The molecule has 1 aromatic carbocycles. The maximum Gasteiger partial charge on any atom is 0.165 e. The van der Waals surface area contributed by atoms with Gasteiger partial charge in [0, 0.05) is 12.6 Å².